The van der Waals surface area contributed by atoms with E-state index in [0.29, 0.717) is 6.42 Å². The van der Waals surface area contributed by atoms with E-state index in [9.17, 15) is 9.90 Å². The highest BCUT2D eigenvalue weighted by Crippen LogP contribution is 2.25. The highest BCUT2D eigenvalue weighted by atomic mass is 32.1. The van der Waals surface area contributed by atoms with Gasteiger partial charge < -0.3 is 14.9 Å². The van der Waals surface area contributed by atoms with Gasteiger partial charge in [-0.3, -0.25) is 4.79 Å². The van der Waals surface area contributed by atoms with E-state index in [0.717, 1.165) is 22.6 Å². The molecule has 1 amide bonds. The second kappa shape index (κ2) is 6.87. The molecule has 2 N–H and O–H groups in total. The van der Waals surface area contributed by atoms with Gasteiger partial charge in [0, 0.05) is 18.5 Å². The number of aliphatic hydroxyl groups excluding tert-OH is 1. The molecular weight excluding hydrogens is 288 g/mol. The molecule has 21 heavy (non-hydrogen) atoms. The Morgan fingerprint density at radius 1 is 1.52 bits per heavy atom. The number of hydrogen-bond donors (Lipinski definition) is 2. The van der Waals surface area contributed by atoms with Crippen LogP contribution in [0.5, 0.6) is 0 Å². The Morgan fingerprint density at radius 2 is 2.29 bits per heavy atom. The van der Waals surface area contributed by atoms with Gasteiger partial charge in [0.15, 0.2) is 0 Å². The van der Waals surface area contributed by atoms with Crippen molar-refractivity contribution in [2.75, 3.05) is 6.54 Å². The number of hydrogen-bond acceptors (Lipinski definition) is 5. The first-order valence-corrected chi connectivity index (χ1v) is 7.83. The average Bonchev–Trinajstić information content (AvgIpc) is 3.06. The van der Waals surface area contributed by atoms with Crippen molar-refractivity contribution >= 4 is 17.2 Å². The Kier molecular flexibility index (Phi) is 5.14. The molecule has 0 aliphatic carbocycles. The second-order valence-electron chi connectivity index (χ2n) is 5.22. The van der Waals surface area contributed by atoms with Crippen molar-refractivity contribution in [2.45, 2.75) is 39.2 Å². The molecule has 2 unspecified atom stereocenters. The quantitative estimate of drug-likeness (QED) is 0.860. The summed E-state index contributed by atoms with van der Waals surface area (Å²) >= 11 is 1.52. The first kappa shape index (κ1) is 15.7. The van der Waals surface area contributed by atoms with Crippen LogP contribution in [-0.2, 0) is 4.79 Å². The Morgan fingerprint density at radius 3 is 2.86 bits per heavy atom. The third-order valence-corrected chi connectivity index (χ3v) is 4.19. The van der Waals surface area contributed by atoms with Crippen LogP contribution >= 0.6 is 11.3 Å². The monoisotopic (exact) mass is 308 g/mol. The predicted octanol–water partition coefficient (Wildman–Crippen LogP) is 2.70. The van der Waals surface area contributed by atoms with E-state index < -0.39 is 6.10 Å². The van der Waals surface area contributed by atoms with Crippen LogP contribution in [0.4, 0.5) is 0 Å². The SMILES string of the molecule is Cc1noc(C)c1C(C)CC(=O)NCC(O)c1ccsc1. The van der Waals surface area contributed by atoms with E-state index in [1.807, 2.05) is 37.6 Å². The zero-order valence-corrected chi connectivity index (χ0v) is 13.2. The van der Waals surface area contributed by atoms with Crippen molar-refractivity contribution in [3.05, 3.63) is 39.4 Å². The molecule has 5 nitrogen and oxygen atoms in total. The number of aryl methyl sites for hydroxylation is 2. The number of aromatic nitrogens is 1. The summed E-state index contributed by atoms with van der Waals surface area (Å²) in [6, 6.07) is 1.86. The van der Waals surface area contributed by atoms with Gasteiger partial charge in [-0.05, 0) is 42.2 Å². The molecule has 0 aromatic carbocycles. The Hall–Kier alpha value is -1.66. The normalized spacial score (nSPS) is 13.9. The summed E-state index contributed by atoms with van der Waals surface area (Å²) in [7, 11) is 0. The molecule has 0 aliphatic rings. The lowest BCUT2D eigenvalue weighted by Crippen LogP contribution is -2.29. The van der Waals surface area contributed by atoms with Gasteiger partial charge in [0.1, 0.15) is 5.76 Å². The van der Waals surface area contributed by atoms with E-state index >= 15 is 0 Å². The summed E-state index contributed by atoms with van der Waals surface area (Å²) in [5.74, 6) is 0.706. The molecule has 0 radical (unpaired) electrons. The lowest BCUT2D eigenvalue weighted by molar-refractivity contribution is -0.121. The summed E-state index contributed by atoms with van der Waals surface area (Å²) in [6.45, 7) is 5.93. The molecular formula is C15H20N2O3S. The average molecular weight is 308 g/mol. The molecule has 6 heteroatoms. The van der Waals surface area contributed by atoms with E-state index in [4.69, 9.17) is 4.52 Å². The van der Waals surface area contributed by atoms with Crippen LogP contribution in [0.15, 0.2) is 21.3 Å². The van der Waals surface area contributed by atoms with Crippen LogP contribution in [0.1, 0.15) is 47.9 Å². The minimum absolute atomic E-state index is 0.0366. The zero-order valence-electron chi connectivity index (χ0n) is 12.4. The van der Waals surface area contributed by atoms with Crippen LogP contribution in [-0.4, -0.2) is 22.7 Å². The van der Waals surface area contributed by atoms with Crippen LogP contribution < -0.4 is 5.32 Å². The van der Waals surface area contributed by atoms with Gasteiger partial charge in [-0.1, -0.05) is 12.1 Å². The van der Waals surface area contributed by atoms with Crippen LogP contribution in [0.25, 0.3) is 0 Å². The summed E-state index contributed by atoms with van der Waals surface area (Å²) in [5, 5.41) is 20.4. The van der Waals surface area contributed by atoms with Gasteiger partial charge in [0.2, 0.25) is 5.91 Å². The van der Waals surface area contributed by atoms with E-state index in [1.165, 1.54) is 11.3 Å². The number of carbonyl (C=O) groups is 1. The summed E-state index contributed by atoms with van der Waals surface area (Å²) in [6.07, 6.45) is -0.311. The van der Waals surface area contributed by atoms with Gasteiger partial charge in [0.25, 0.3) is 0 Å². The van der Waals surface area contributed by atoms with Crippen molar-refractivity contribution in [3.63, 3.8) is 0 Å². The molecule has 0 fully saturated rings. The molecule has 0 spiro atoms. The Balaban J connectivity index is 1.85. The lowest BCUT2D eigenvalue weighted by atomic mass is 9.96. The molecule has 0 saturated heterocycles. The summed E-state index contributed by atoms with van der Waals surface area (Å²) < 4.78 is 5.12. The molecule has 2 atom stereocenters. The van der Waals surface area contributed by atoms with Gasteiger partial charge in [-0.25, -0.2) is 0 Å². The highest BCUT2D eigenvalue weighted by molar-refractivity contribution is 7.07. The number of rotatable bonds is 6. The third kappa shape index (κ3) is 3.92. The number of nitrogens with one attached hydrogen (secondary N) is 1. The third-order valence-electron chi connectivity index (χ3n) is 3.49. The van der Waals surface area contributed by atoms with Crippen molar-refractivity contribution in [1.82, 2.24) is 10.5 Å². The van der Waals surface area contributed by atoms with Crippen molar-refractivity contribution in [2.24, 2.45) is 0 Å². The standard InChI is InChI=1S/C15H20N2O3S/c1-9(15-10(2)17-20-11(15)3)6-14(19)16-7-13(18)12-4-5-21-8-12/h4-5,8-9,13,18H,6-7H2,1-3H3,(H,16,19). The molecule has 2 rings (SSSR count). The summed E-state index contributed by atoms with van der Waals surface area (Å²) in [4.78, 5) is 12.0. The molecule has 2 aromatic heterocycles. The maximum Gasteiger partial charge on any atom is 0.220 e. The van der Waals surface area contributed by atoms with Crippen LogP contribution in [0.3, 0.4) is 0 Å². The topological polar surface area (TPSA) is 75.4 Å². The molecule has 114 valence electrons. The first-order chi connectivity index (χ1) is 9.99. The fourth-order valence-corrected chi connectivity index (χ4v) is 3.15. The van der Waals surface area contributed by atoms with Crippen molar-refractivity contribution in [3.8, 4) is 0 Å². The second-order valence-corrected chi connectivity index (χ2v) is 6.00. The predicted molar refractivity (Wildman–Crippen MR) is 81.3 cm³/mol. The first-order valence-electron chi connectivity index (χ1n) is 6.88. The number of aliphatic hydroxyl groups is 1. The van der Waals surface area contributed by atoms with E-state index in [2.05, 4.69) is 10.5 Å². The summed E-state index contributed by atoms with van der Waals surface area (Å²) in [5.41, 5.74) is 2.65. The van der Waals surface area contributed by atoms with Crippen LogP contribution in [0, 0.1) is 13.8 Å². The minimum atomic E-state index is -0.658. The van der Waals surface area contributed by atoms with Crippen molar-refractivity contribution in [1.29, 1.82) is 0 Å². The van der Waals surface area contributed by atoms with E-state index in [1.54, 1.807) is 0 Å². The van der Waals surface area contributed by atoms with E-state index in [-0.39, 0.29) is 18.4 Å². The highest BCUT2D eigenvalue weighted by Gasteiger charge is 2.19. The molecule has 2 aromatic rings. The van der Waals surface area contributed by atoms with Gasteiger partial charge >= 0.3 is 0 Å². The van der Waals surface area contributed by atoms with Gasteiger partial charge in [0.05, 0.1) is 11.8 Å². The molecule has 0 aliphatic heterocycles. The Bertz CT molecular complexity index is 573. The molecule has 0 bridgehead atoms. The fourth-order valence-electron chi connectivity index (χ4n) is 2.44. The van der Waals surface area contributed by atoms with Crippen LogP contribution in [0.2, 0.25) is 0 Å². The number of carbonyl (C=O) groups excluding carboxylic acids is 1. The molecule has 0 saturated carbocycles. The van der Waals surface area contributed by atoms with Crippen molar-refractivity contribution < 1.29 is 14.4 Å². The maximum atomic E-state index is 12.0. The maximum absolute atomic E-state index is 12.0. The lowest BCUT2D eigenvalue weighted by Gasteiger charge is -2.13. The number of thiophene rings is 1. The van der Waals surface area contributed by atoms with Gasteiger partial charge in [-0.2, -0.15) is 11.3 Å². The largest absolute Gasteiger partial charge is 0.387 e. The smallest absolute Gasteiger partial charge is 0.220 e. The van der Waals surface area contributed by atoms with Gasteiger partial charge in [-0.15, -0.1) is 0 Å². The fraction of sp³-hybridized carbons (Fsp3) is 0.467. The zero-order chi connectivity index (χ0) is 15.4. The number of amides is 1. The Labute approximate surface area is 128 Å². The number of nitrogens with zero attached hydrogens (tertiary/aromatic N) is 1. The minimum Gasteiger partial charge on any atom is -0.387 e. The molecule has 2 heterocycles.